The lowest BCUT2D eigenvalue weighted by Gasteiger charge is -2.32. The van der Waals surface area contributed by atoms with Gasteiger partial charge in [-0.25, -0.2) is 0 Å². The second-order valence-corrected chi connectivity index (χ2v) is 4.93. The van der Waals surface area contributed by atoms with Crippen molar-refractivity contribution < 1.29 is 0 Å². The molecule has 1 aliphatic rings. The molecule has 16 heavy (non-hydrogen) atoms. The standard InChI is InChI=1S/C13H27N3/c1-3-4-5-9-15-13(12-14)7-6-10-16(2)11-8-13/h3-4,15H,5-12,14H2,1-2H3/b4-3+. The van der Waals surface area contributed by atoms with E-state index >= 15 is 0 Å². The lowest BCUT2D eigenvalue weighted by atomic mass is 9.90. The van der Waals surface area contributed by atoms with Crippen molar-refractivity contribution in [1.82, 2.24) is 10.2 Å². The van der Waals surface area contributed by atoms with Crippen LogP contribution in [0.3, 0.4) is 0 Å². The lowest BCUT2D eigenvalue weighted by Crippen LogP contribution is -2.52. The van der Waals surface area contributed by atoms with Crippen LogP contribution in [0, 0.1) is 0 Å². The molecular weight excluding hydrogens is 198 g/mol. The Balaban J connectivity index is 2.41. The van der Waals surface area contributed by atoms with Crippen molar-refractivity contribution in [2.75, 3.05) is 33.2 Å². The van der Waals surface area contributed by atoms with E-state index in [2.05, 4.69) is 36.3 Å². The molecule has 0 aromatic carbocycles. The molecule has 1 rings (SSSR count). The van der Waals surface area contributed by atoms with E-state index in [0.29, 0.717) is 0 Å². The van der Waals surface area contributed by atoms with Crippen molar-refractivity contribution >= 4 is 0 Å². The van der Waals surface area contributed by atoms with Gasteiger partial charge >= 0.3 is 0 Å². The molecule has 0 amide bonds. The van der Waals surface area contributed by atoms with Gasteiger partial charge < -0.3 is 16.0 Å². The number of nitrogens with two attached hydrogens (primary N) is 1. The lowest BCUT2D eigenvalue weighted by molar-refractivity contribution is 0.284. The van der Waals surface area contributed by atoms with Crippen LogP contribution in [0.1, 0.15) is 32.6 Å². The van der Waals surface area contributed by atoms with E-state index in [-0.39, 0.29) is 5.54 Å². The minimum Gasteiger partial charge on any atom is -0.329 e. The molecule has 0 aliphatic carbocycles. The number of likely N-dealkylation sites (tertiary alicyclic amines) is 1. The number of rotatable bonds is 5. The zero-order valence-corrected chi connectivity index (χ0v) is 10.8. The van der Waals surface area contributed by atoms with Gasteiger partial charge in [0, 0.05) is 12.1 Å². The normalized spacial score (nSPS) is 28.4. The van der Waals surface area contributed by atoms with Gasteiger partial charge in [0.2, 0.25) is 0 Å². The fraction of sp³-hybridized carbons (Fsp3) is 0.846. The van der Waals surface area contributed by atoms with Gasteiger partial charge in [-0.3, -0.25) is 0 Å². The maximum atomic E-state index is 5.97. The molecule has 1 unspecified atom stereocenters. The number of hydrogen-bond acceptors (Lipinski definition) is 3. The first-order chi connectivity index (χ1) is 7.72. The average molecular weight is 225 g/mol. The summed E-state index contributed by atoms with van der Waals surface area (Å²) in [4.78, 5) is 2.41. The molecule has 3 nitrogen and oxygen atoms in total. The van der Waals surface area contributed by atoms with Crippen LogP contribution in [0.15, 0.2) is 12.2 Å². The molecule has 3 N–H and O–H groups in total. The highest BCUT2D eigenvalue weighted by Gasteiger charge is 2.29. The first-order valence-corrected chi connectivity index (χ1v) is 6.47. The quantitative estimate of drug-likeness (QED) is 0.548. The van der Waals surface area contributed by atoms with E-state index in [1.807, 2.05) is 0 Å². The number of hydrogen-bond donors (Lipinski definition) is 2. The first kappa shape index (κ1) is 13.7. The Morgan fingerprint density at radius 3 is 2.88 bits per heavy atom. The Morgan fingerprint density at radius 1 is 1.38 bits per heavy atom. The Hall–Kier alpha value is -0.380. The van der Waals surface area contributed by atoms with Gasteiger partial charge in [0.1, 0.15) is 0 Å². The summed E-state index contributed by atoms with van der Waals surface area (Å²) in [6.45, 7) is 6.24. The maximum Gasteiger partial charge on any atom is 0.0316 e. The van der Waals surface area contributed by atoms with E-state index in [4.69, 9.17) is 5.73 Å². The number of allylic oxidation sites excluding steroid dienone is 1. The van der Waals surface area contributed by atoms with Gasteiger partial charge in [-0.1, -0.05) is 12.2 Å². The molecule has 1 heterocycles. The van der Waals surface area contributed by atoms with E-state index in [0.717, 1.165) is 26.1 Å². The zero-order valence-electron chi connectivity index (χ0n) is 10.8. The second kappa shape index (κ2) is 7.05. The van der Waals surface area contributed by atoms with Crippen LogP contribution in [0.25, 0.3) is 0 Å². The van der Waals surface area contributed by atoms with Crippen molar-refractivity contribution in [3.05, 3.63) is 12.2 Å². The highest BCUT2D eigenvalue weighted by Crippen LogP contribution is 2.20. The topological polar surface area (TPSA) is 41.3 Å². The van der Waals surface area contributed by atoms with E-state index in [1.54, 1.807) is 0 Å². The minimum atomic E-state index is 0.187. The Kier molecular flexibility index (Phi) is 6.03. The average Bonchev–Trinajstić information content (AvgIpc) is 2.48. The molecule has 3 heteroatoms. The van der Waals surface area contributed by atoms with Crippen LogP contribution in [-0.2, 0) is 0 Å². The first-order valence-electron chi connectivity index (χ1n) is 6.47. The summed E-state index contributed by atoms with van der Waals surface area (Å²) in [6.07, 6.45) is 9.07. The Labute approximate surface area is 100 Å². The predicted octanol–water partition coefficient (Wildman–Crippen LogP) is 1.36. The van der Waals surface area contributed by atoms with Crippen molar-refractivity contribution in [3.63, 3.8) is 0 Å². The third kappa shape index (κ3) is 4.24. The molecular formula is C13H27N3. The van der Waals surface area contributed by atoms with Gasteiger partial charge in [0.05, 0.1) is 0 Å². The number of nitrogens with zero attached hydrogens (tertiary/aromatic N) is 1. The summed E-state index contributed by atoms with van der Waals surface area (Å²) < 4.78 is 0. The highest BCUT2D eigenvalue weighted by molar-refractivity contribution is 4.92. The summed E-state index contributed by atoms with van der Waals surface area (Å²) in [7, 11) is 2.20. The van der Waals surface area contributed by atoms with Crippen LogP contribution >= 0.6 is 0 Å². The minimum absolute atomic E-state index is 0.187. The monoisotopic (exact) mass is 225 g/mol. The van der Waals surface area contributed by atoms with Gasteiger partial charge in [-0.05, 0) is 59.3 Å². The summed E-state index contributed by atoms with van der Waals surface area (Å²) >= 11 is 0. The molecule has 0 aromatic heterocycles. The van der Waals surface area contributed by atoms with Crippen molar-refractivity contribution in [3.8, 4) is 0 Å². The van der Waals surface area contributed by atoms with Crippen molar-refractivity contribution in [1.29, 1.82) is 0 Å². The molecule has 0 saturated carbocycles. The van der Waals surface area contributed by atoms with Crippen molar-refractivity contribution in [2.45, 2.75) is 38.1 Å². The largest absolute Gasteiger partial charge is 0.329 e. The van der Waals surface area contributed by atoms with Gasteiger partial charge in [-0.15, -0.1) is 0 Å². The molecule has 0 bridgehead atoms. The smallest absolute Gasteiger partial charge is 0.0316 e. The Morgan fingerprint density at radius 2 is 2.19 bits per heavy atom. The molecule has 0 radical (unpaired) electrons. The summed E-state index contributed by atoms with van der Waals surface area (Å²) in [5.74, 6) is 0. The van der Waals surface area contributed by atoms with Crippen molar-refractivity contribution in [2.24, 2.45) is 5.73 Å². The van der Waals surface area contributed by atoms with E-state index in [1.165, 1.54) is 25.8 Å². The van der Waals surface area contributed by atoms with Crippen LogP contribution in [0.2, 0.25) is 0 Å². The fourth-order valence-electron chi connectivity index (χ4n) is 2.37. The summed E-state index contributed by atoms with van der Waals surface area (Å²) in [6, 6.07) is 0. The van der Waals surface area contributed by atoms with Gasteiger partial charge in [0.25, 0.3) is 0 Å². The molecule has 94 valence electrons. The SMILES string of the molecule is C/C=C/CCNC1(CN)CCCN(C)CC1. The highest BCUT2D eigenvalue weighted by atomic mass is 15.1. The molecule has 0 spiro atoms. The van der Waals surface area contributed by atoms with Crippen LogP contribution < -0.4 is 11.1 Å². The summed E-state index contributed by atoms with van der Waals surface area (Å²) in [5.41, 5.74) is 6.16. The van der Waals surface area contributed by atoms with Crippen LogP contribution in [0.4, 0.5) is 0 Å². The fourth-order valence-corrected chi connectivity index (χ4v) is 2.37. The Bertz CT molecular complexity index is 215. The van der Waals surface area contributed by atoms with E-state index in [9.17, 15) is 0 Å². The second-order valence-electron chi connectivity index (χ2n) is 4.93. The molecule has 0 aromatic rings. The van der Waals surface area contributed by atoms with Crippen LogP contribution in [-0.4, -0.2) is 43.7 Å². The van der Waals surface area contributed by atoms with Gasteiger partial charge in [0.15, 0.2) is 0 Å². The van der Waals surface area contributed by atoms with Crippen LogP contribution in [0.5, 0.6) is 0 Å². The third-order valence-electron chi connectivity index (χ3n) is 3.60. The van der Waals surface area contributed by atoms with E-state index < -0.39 is 0 Å². The molecule has 1 fully saturated rings. The molecule has 1 saturated heterocycles. The molecule has 1 aliphatic heterocycles. The predicted molar refractivity (Wildman–Crippen MR) is 70.6 cm³/mol. The number of nitrogens with one attached hydrogen (secondary N) is 1. The molecule has 1 atom stereocenters. The maximum absolute atomic E-state index is 5.97. The third-order valence-corrected chi connectivity index (χ3v) is 3.60. The van der Waals surface area contributed by atoms with Gasteiger partial charge in [-0.2, -0.15) is 0 Å². The summed E-state index contributed by atoms with van der Waals surface area (Å²) in [5, 5.41) is 3.68. The zero-order chi connectivity index (χ0) is 11.9.